The van der Waals surface area contributed by atoms with Crippen LogP contribution < -0.4 is 10.4 Å². The molecule has 3 N–H and O–H groups in total. The van der Waals surface area contributed by atoms with Gasteiger partial charge in [-0.05, 0) is 79.1 Å². The second-order valence-electron chi connectivity index (χ2n) is 10.6. The molecule has 0 saturated carbocycles. The molecule has 2 heterocycles. The summed E-state index contributed by atoms with van der Waals surface area (Å²) in [5, 5.41) is 28.6. The predicted octanol–water partition coefficient (Wildman–Crippen LogP) is 6.71. The summed E-state index contributed by atoms with van der Waals surface area (Å²) in [5.74, 6) is 0.537. The van der Waals surface area contributed by atoms with E-state index < -0.39 is 11.2 Å². The largest absolute Gasteiger partial charge is 0.508 e. The molecule has 8 nitrogen and oxygen atoms in total. The number of phenolic OH excluding ortho intramolecular Hbond substituents is 3. The van der Waals surface area contributed by atoms with Crippen molar-refractivity contribution in [3.8, 4) is 23.0 Å². The van der Waals surface area contributed by atoms with Gasteiger partial charge >= 0.3 is 11.6 Å². The molecule has 0 radical (unpaired) electrons. The Morgan fingerprint density at radius 1 is 0.814 bits per heavy atom. The molecule has 0 fully saturated rings. The summed E-state index contributed by atoms with van der Waals surface area (Å²) in [6, 6.07) is 26.8. The summed E-state index contributed by atoms with van der Waals surface area (Å²) in [6.07, 6.45) is 3.88. The van der Waals surface area contributed by atoms with Crippen LogP contribution in [-0.2, 0) is 11.2 Å². The SMILES string of the molecule is CC(C)(OC(=O)c1ccccc1)C1Cc2cc3ccc(=O)oc3cc2O1.Oc1ccc(C=Cc2cc(O)cc(O)c2)cc1. The van der Waals surface area contributed by atoms with Crippen LogP contribution in [0.2, 0.25) is 0 Å². The van der Waals surface area contributed by atoms with Gasteiger partial charge in [-0.15, -0.1) is 0 Å². The van der Waals surface area contributed by atoms with Crippen LogP contribution in [0.25, 0.3) is 23.1 Å². The van der Waals surface area contributed by atoms with E-state index in [1.165, 1.54) is 12.1 Å². The lowest BCUT2D eigenvalue weighted by molar-refractivity contribution is -0.0517. The van der Waals surface area contributed by atoms with Gasteiger partial charge in [0.2, 0.25) is 0 Å². The van der Waals surface area contributed by atoms with Gasteiger partial charge in [0.15, 0.2) is 0 Å². The number of ether oxygens (including phenoxy) is 2. The van der Waals surface area contributed by atoms with Crippen molar-refractivity contribution in [1.82, 2.24) is 0 Å². The number of phenols is 3. The molecule has 1 atom stereocenters. The van der Waals surface area contributed by atoms with E-state index in [-0.39, 0.29) is 29.3 Å². The van der Waals surface area contributed by atoms with Gasteiger partial charge in [-0.1, -0.05) is 42.5 Å². The number of hydrogen-bond acceptors (Lipinski definition) is 8. The molecule has 0 aliphatic carbocycles. The number of aromatic hydroxyl groups is 3. The number of esters is 1. The number of hydrogen-bond donors (Lipinski definition) is 3. The predicted molar refractivity (Wildman–Crippen MR) is 163 cm³/mol. The molecule has 1 unspecified atom stereocenters. The highest BCUT2D eigenvalue weighted by Gasteiger charge is 2.40. The maximum Gasteiger partial charge on any atom is 0.338 e. The van der Waals surface area contributed by atoms with Crippen LogP contribution in [0.15, 0.2) is 106 Å². The lowest BCUT2D eigenvalue weighted by atomic mass is 9.96. The van der Waals surface area contributed by atoms with E-state index in [0.29, 0.717) is 28.9 Å². The first-order chi connectivity index (χ1) is 20.6. The highest BCUT2D eigenvalue weighted by Crippen LogP contribution is 2.37. The third-order valence-electron chi connectivity index (χ3n) is 6.90. The maximum atomic E-state index is 12.4. The Balaban J connectivity index is 0.000000188. The van der Waals surface area contributed by atoms with Crippen molar-refractivity contribution in [1.29, 1.82) is 0 Å². The van der Waals surface area contributed by atoms with Crippen molar-refractivity contribution in [2.24, 2.45) is 0 Å². The zero-order chi connectivity index (χ0) is 30.6. The Morgan fingerprint density at radius 2 is 1.49 bits per heavy atom. The van der Waals surface area contributed by atoms with Crippen LogP contribution in [0.4, 0.5) is 0 Å². The first-order valence-electron chi connectivity index (χ1n) is 13.6. The second-order valence-corrected chi connectivity index (χ2v) is 10.6. The molecule has 0 amide bonds. The standard InChI is InChI=1S/C21H18O5.C14H12O3/c1-21(2,26-20(23)13-6-4-3-5-7-13)18-11-15-10-14-8-9-19(22)25-16(14)12-17(15)24-18;15-12-5-3-10(4-6-12)1-2-11-7-13(16)9-14(17)8-11/h3-10,12,18H,11H2,1-2H3;1-9,15-17H. The Labute approximate surface area is 247 Å². The van der Waals surface area contributed by atoms with Gasteiger partial charge in [0, 0.05) is 30.0 Å². The zero-order valence-electron chi connectivity index (χ0n) is 23.6. The van der Waals surface area contributed by atoms with Crippen molar-refractivity contribution in [3.63, 3.8) is 0 Å². The fraction of sp³-hybridized carbons (Fsp3) is 0.143. The van der Waals surface area contributed by atoms with E-state index in [0.717, 1.165) is 16.5 Å². The quantitative estimate of drug-likeness (QED) is 0.119. The smallest absolute Gasteiger partial charge is 0.338 e. The van der Waals surface area contributed by atoms with Crippen molar-refractivity contribution in [3.05, 3.63) is 130 Å². The Hall–Kier alpha value is -5.50. The second kappa shape index (κ2) is 12.2. The van der Waals surface area contributed by atoms with Crippen LogP contribution in [-0.4, -0.2) is 33.0 Å². The van der Waals surface area contributed by atoms with Gasteiger partial charge in [0.05, 0.1) is 5.56 Å². The number of fused-ring (bicyclic) bond motifs is 2. The van der Waals surface area contributed by atoms with Crippen LogP contribution in [0.5, 0.6) is 23.0 Å². The summed E-state index contributed by atoms with van der Waals surface area (Å²) in [7, 11) is 0. The summed E-state index contributed by atoms with van der Waals surface area (Å²) < 4.78 is 16.9. The summed E-state index contributed by atoms with van der Waals surface area (Å²) in [6.45, 7) is 3.68. The van der Waals surface area contributed by atoms with E-state index in [9.17, 15) is 19.8 Å². The third kappa shape index (κ3) is 7.23. The van der Waals surface area contributed by atoms with Crippen molar-refractivity contribution >= 4 is 29.1 Å². The van der Waals surface area contributed by atoms with Gasteiger partial charge in [0.1, 0.15) is 40.3 Å². The molecule has 5 aromatic rings. The van der Waals surface area contributed by atoms with Crippen LogP contribution in [0, 0.1) is 0 Å². The molecule has 0 spiro atoms. The lowest BCUT2D eigenvalue weighted by Crippen LogP contribution is -2.43. The average molecular weight is 579 g/mol. The molecule has 218 valence electrons. The van der Waals surface area contributed by atoms with Gasteiger partial charge in [-0.3, -0.25) is 0 Å². The highest BCUT2D eigenvalue weighted by molar-refractivity contribution is 5.89. The highest BCUT2D eigenvalue weighted by atomic mass is 16.6. The molecule has 0 bridgehead atoms. The third-order valence-corrected chi connectivity index (χ3v) is 6.90. The maximum absolute atomic E-state index is 12.4. The first-order valence-corrected chi connectivity index (χ1v) is 13.6. The van der Waals surface area contributed by atoms with E-state index >= 15 is 0 Å². The van der Waals surface area contributed by atoms with E-state index in [1.54, 1.807) is 78.9 Å². The first kappa shape index (κ1) is 29.0. The molecule has 43 heavy (non-hydrogen) atoms. The van der Waals surface area contributed by atoms with Crippen LogP contribution in [0.3, 0.4) is 0 Å². The zero-order valence-corrected chi connectivity index (χ0v) is 23.6. The lowest BCUT2D eigenvalue weighted by Gasteiger charge is -2.30. The van der Waals surface area contributed by atoms with Crippen molar-refractivity contribution in [2.75, 3.05) is 0 Å². The Morgan fingerprint density at radius 3 is 2.19 bits per heavy atom. The van der Waals surface area contributed by atoms with Crippen molar-refractivity contribution in [2.45, 2.75) is 32.0 Å². The molecule has 1 aliphatic rings. The molecule has 8 heteroatoms. The van der Waals surface area contributed by atoms with Gasteiger partial charge in [0.25, 0.3) is 0 Å². The number of carbonyl (C=O) groups excluding carboxylic acids is 1. The summed E-state index contributed by atoms with van der Waals surface area (Å²) in [5.41, 5.74) is 2.39. The van der Waals surface area contributed by atoms with Crippen LogP contribution in [0.1, 0.15) is 40.9 Å². The average Bonchev–Trinajstić information content (AvgIpc) is 3.40. The number of rotatable bonds is 5. The molecular weight excluding hydrogens is 548 g/mol. The summed E-state index contributed by atoms with van der Waals surface area (Å²) in [4.78, 5) is 23.8. The topological polar surface area (TPSA) is 126 Å². The Bertz CT molecular complexity index is 1820. The van der Waals surface area contributed by atoms with Crippen LogP contribution >= 0.6 is 0 Å². The Kier molecular flexibility index (Phi) is 8.20. The van der Waals surface area contributed by atoms with Gasteiger partial charge < -0.3 is 29.2 Å². The van der Waals surface area contributed by atoms with Gasteiger partial charge in [-0.25, -0.2) is 9.59 Å². The van der Waals surface area contributed by atoms with E-state index in [2.05, 4.69) is 0 Å². The van der Waals surface area contributed by atoms with Crippen molar-refractivity contribution < 1.29 is 34.0 Å². The minimum atomic E-state index is -0.820. The molecule has 1 aliphatic heterocycles. The van der Waals surface area contributed by atoms with E-state index in [1.807, 2.05) is 32.1 Å². The van der Waals surface area contributed by atoms with Gasteiger partial charge in [-0.2, -0.15) is 0 Å². The fourth-order valence-corrected chi connectivity index (χ4v) is 4.63. The minimum Gasteiger partial charge on any atom is -0.508 e. The normalized spacial score (nSPS) is 14.0. The van der Waals surface area contributed by atoms with E-state index in [4.69, 9.17) is 19.0 Å². The fourth-order valence-electron chi connectivity index (χ4n) is 4.63. The molecule has 1 aromatic heterocycles. The molecule has 6 rings (SSSR count). The monoisotopic (exact) mass is 578 g/mol. The summed E-state index contributed by atoms with van der Waals surface area (Å²) >= 11 is 0. The molecule has 4 aromatic carbocycles. The minimum absolute atomic E-state index is 0.0235. The number of benzene rings is 4. The molecular formula is C35H30O8. The molecule has 0 saturated heterocycles. The number of carbonyl (C=O) groups is 1.